The Kier molecular flexibility index (Phi) is 3.85. The summed E-state index contributed by atoms with van der Waals surface area (Å²) in [7, 11) is -3.50. The summed E-state index contributed by atoms with van der Waals surface area (Å²) in [5.74, 6) is 0.101. The van der Waals surface area contributed by atoms with Crippen molar-refractivity contribution in [1.29, 1.82) is 0 Å². The first-order valence-electron chi connectivity index (χ1n) is 7.28. The number of para-hydroxylation sites is 1. The second-order valence-electron chi connectivity index (χ2n) is 5.73. The molecule has 2 aromatic carbocycles. The highest BCUT2D eigenvalue weighted by molar-refractivity contribution is 7.88. The predicted molar refractivity (Wildman–Crippen MR) is 89.9 cm³/mol. The molecule has 2 aromatic rings. The van der Waals surface area contributed by atoms with Gasteiger partial charge in [-0.1, -0.05) is 42.0 Å². The van der Waals surface area contributed by atoms with E-state index in [-0.39, 0.29) is 11.8 Å². The molecule has 0 spiro atoms. The number of hydrogen-bond acceptors (Lipinski definition) is 4. The summed E-state index contributed by atoms with van der Waals surface area (Å²) in [6.45, 7) is 1.98. The third kappa shape index (κ3) is 3.07. The van der Waals surface area contributed by atoms with E-state index in [0.29, 0.717) is 17.7 Å². The summed E-state index contributed by atoms with van der Waals surface area (Å²) < 4.78 is 25.3. The Balaban J connectivity index is 2.03. The Hall–Kier alpha value is -2.34. The molecule has 3 rings (SSSR count). The molecule has 1 N–H and O–H groups in total. The maximum Gasteiger partial charge on any atom is 0.247 e. The van der Waals surface area contributed by atoms with E-state index in [2.05, 4.69) is 5.10 Å². The summed E-state index contributed by atoms with van der Waals surface area (Å²) in [6.07, 6.45) is 1.57. The van der Waals surface area contributed by atoms with E-state index in [1.54, 1.807) is 24.3 Å². The standard InChI is InChI=1S/C17H18N2O3S/c1-12-7-9-13(10-8-12)16-11-15(18-19(16)23(2,21)22)14-5-3-4-6-17(14)20/h3-10,16,20H,11H2,1-2H3/t16-/m1/s1. The highest BCUT2D eigenvalue weighted by Gasteiger charge is 2.35. The Morgan fingerprint density at radius 3 is 2.39 bits per heavy atom. The van der Waals surface area contributed by atoms with E-state index in [9.17, 15) is 13.5 Å². The molecule has 120 valence electrons. The summed E-state index contributed by atoms with van der Waals surface area (Å²) in [5.41, 5.74) is 3.13. The highest BCUT2D eigenvalue weighted by Crippen LogP contribution is 2.36. The van der Waals surface area contributed by atoms with Gasteiger partial charge in [0.2, 0.25) is 10.0 Å². The number of nitrogens with zero attached hydrogens (tertiary/aromatic N) is 2. The SMILES string of the molecule is Cc1ccc([C@H]2CC(c3ccccc3O)=NN2S(C)(=O)=O)cc1. The number of phenols is 1. The molecule has 1 aliphatic rings. The Bertz CT molecular complexity index is 858. The molecule has 0 fully saturated rings. The van der Waals surface area contributed by atoms with Gasteiger partial charge in [0.1, 0.15) is 5.75 Å². The second-order valence-corrected chi connectivity index (χ2v) is 7.57. The molecule has 0 radical (unpaired) electrons. The smallest absolute Gasteiger partial charge is 0.247 e. The van der Waals surface area contributed by atoms with Gasteiger partial charge in [-0.3, -0.25) is 0 Å². The molecule has 5 nitrogen and oxygen atoms in total. The fourth-order valence-corrected chi connectivity index (χ4v) is 3.62. The van der Waals surface area contributed by atoms with Crippen LogP contribution >= 0.6 is 0 Å². The largest absolute Gasteiger partial charge is 0.507 e. The van der Waals surface area contributed by atoms with Crippen molar-refractivity contribution in [2.75, 3.05) is 6.26 Å². The molecule has 1 heterocycles. The second kappa shape index (κ2) is 5.70. The van der Waals surface area contributed by atoms with Crippen molar-refractivity contribution in [3.05, 3.63) is 65.2 Å². The van der Waals surface area contributed by atoms with Gasteiger partial charge >= 0.3 is 0 Å². The van der Waals surface area contributed by atoms with Crippen LogP contribution in [0.15, 0.2) is 53.6 Å². The number of sulfonamides is 1. The van der Waals surface area contributed by atoms with Crippen molar-refractivity contribution in [2.45, 2.75) is 19.4 Å². The number of rotatable bonds is 3. The van der Waals surface area contributed by atoms with Crippen LogP contribution in [0.5, 0.6) is 5.75 Å². The van der Waals surface area contributed by atoms with Crippen LogP contribution < -0.4 is 0 Å². The first-order chi connectivity index (χ1) is 10.9. The minimum Gasteiger partial charge on any atom is -0.507 e. The van der Waals surface area contributed by atoms with Gasteiger partial charge in [0, 0.05) is 12.0 Å². The molecule has 0 aromatic heterocycles. The van der Waals surface area contributed by atoms with Crippen molar-refractivity contribution >= 4 is 15.7 Å². The van der Waals surface area contributed by atoms with Crippen LogP contribution in [0.3, 0.4) is 0 Å². The zero-order valence-electron chi connectivity index (χ0n) is 13.0. The van der Waals surface area contributed by atoms with Crippen molar-refractivity contribution < 1.29 is 13.5 Å². The number of benzene rings is 2. The van der Waals surface area contributed by atoms with Crippen LogP contribution in [0.2, 0.25) is 0 Å². The maximum atomic E-state index is 12.1. The third-order valence-electron chi connectivity index (χ3n) is 3.89. The third-order valence-corrected chi connectivity index (χ3v) is 4.91. The van der Waals surface area contributed by atoms with Crippen LogP contribution in [0, 0.1) is 6.92 Å². The average Bonchev–Trinajstić information content (AvgIpc) is 2.93. The minimum absolute atomic E-state index is 0.101. The lowest BCUT2D eigenvalue weighted by atomic mass is 9.98. The fourth-order valence-electron chi connectivity index (χ4n) is 2.71. The molecule has 23 heavy (non-hydrogen) atoms. The topological polar surface area (TPSA) is 70.0 Å². The zero-order valence-corrected chi connectivity index (χ0v) is 13.8. The Morgan fingerprint density at radius 2 is 1.78 bits per heavy atom. The van der Waals surface area contributed by atoms with Crippen LogP contribution in [0.4, 0.5) is 0 Å². The van der Waals surface area contributed by atoms with Gasteiger partial charge in [-0.15, -0.1) is 0 Å². The molecule has 0 unspecified atom stereocenters. The quantitative estimate of drug-likeness (QED) is 0.941. The van der Waals surface area contributed by atoms with Crippen molar-refractivity contribution in [3.8, 4) is 5.75 Å². The molecule has 0 saturated heterocycles. The summed E-state index contributed by atoms with van der Waals surface area (Å²) in [4.78, 5) is 0. The zero-order chi connectivity index (χ0) is 16.6. The number of hydrazone groups is 1. The van der Waals surface area contributed by atoms with E-state index in [0.717, 1.165) is 21.8 Å². The number of phenolic OH excluding ortho intramolecular Hbond substituents is 1. The van der Waals surface area contributed by atoms with Crippen LogP contribution in [-0.2, 0) is 10.0 Å². The molecule has 6 heteroatoms. The molecule has 1 aliphatic heterocycles. The summed E-state index contributed by atoms with van der Waals surface area (Å²) in [5, 5.41) is 14.3. The lowest BCUT2D eigenvalue weighted by molar-refractivity contribution is 0.375. The van der Waals surface area contributed by atoms with Gasteiger partial charge in [-0.05, 0) is 24.6 Å². The van der Waals surface area contributed by atoms with Gasteiger partial charge in [0.05, 0.1) is 18.0 Å². The highest BCUT2D eigenvalue weighted by atomic mass is 32.2. The van der Waals surface area contributed by atoms with E-state index in [1.165, 1.54) is 0 Å². The van der Waals surface area contributed by atoms with E-state index in [1.807, 2.05) is 31.2 Å². The van der Waals surface area contributed by atoms with Crippen molar-refractivity contribution in [1.82, 2.24) is 4.41 Å². The Labute approximate surface area is 135 Å². The van der Waals surface area contributed by atoms with Crippen molar-refractivity contribution in [3.63, 3.8) is 0 Å². The van der Waals surface area contributed by atoms with Gasteiger partial charge in [0.15, 0.2) is 0 Å². The van der Waals surface area contributed by atoms with E-state index in [4.69, 9.17) is 0 Å². The number of aromatic hydroxyl groups is 1. The van der Waals surface area contributed by atoms with Crippen LogP contribution in [-0.4, -0.2) is 29.9 Å². The summed E-state index contributed by atoms with van der Waals surface area (Å²) >= 11 is 0. The average molecular weight is 330 g/mol. The molecular weight excluding hydrogens is 312 g/mol. The number of aryl methyl sites for hydroxylation is 1. The fraction of sp³-hybridized carbons (Fsp3) is 0.235. The van der Waals surface area contributed by atoms with Gasteiger partial charge < -0.3 is 5.11 Å². The number of hydrogen-bond donors (Lipinski definition) is 1. The summed E-state index contributed by atoms with van der Waals surface area (Å²) in [6, 6.07) is 14.2. The lowest BCUT2D eigenvalue weighted by Crippen LogP contribution is -2.25. The normalized spacial score (nSPS) is 18.1. The molecule has 1 atom stereocenters. The maximum absolute atomic E-state index is 12.1. The molecule has 0 amide bonds. The minimum atomic E-state index is -3.50. The monoisotopic (exact) mass is 330 g/mol. The lowest BCUT2D eigenvalue weighted by Gasteiger charge is -2.21. The first kappa shape index (κ1) is 15.6. The Morgan fingerprint density at radius 1 is 1.13 bits per heavy atom. The molecular formula is C17H18N2O3S. The molecule has 0 aliphatic carbocycles. The first-order valence-corrected chi connectivity index (χ1v) is 9.13. The van der Waals surface area contributed by atoms with Crippen LogP contribution in [0.25, 0.3) is 0 Å². The van der Waals surface area contributed by atoms with Gasteiger partial charge in [-0.2, -0.15) is 9.52 Å². The van der Waals surface area contributed by atoms with E-state index >= 15 is 0 Å². The molecule has 0 bridgehead atoms. The van der Waals surface area contributed by atoms with Crippen molar-refractivity contribution in [2.24, 2.45) is 5.10 Å². The predicted octanol–water partition coefficient (Wildman–Crippen LogP) is 2.81. The van der Waals surface area contributed by atoms with Gasteiger partial charge in [0.25, 0.3) is 0 Å². The van der Waals surface area contributed by atoms with Gasteiger partial charge in [-0.25, -0.2) is 8.42 Å². The van der Waals surface area contributed by atoms with Crippen LogP contribution in [0.1, 0.15) is 29.2 Å². The molecule has 0 saturated carbocycles. The van der Waals surface area contributed by atoms with E-state index < -0.39 is 10.0 Å².